The van der Waals surface area contributed by atoms with E-state index in [0.29, 0.717) is 0 Å². The van der Waals surface area contributed by atoms with Crippen molar-refractivity contribution in [1.82, 2.24) is 0 Å². The fraction of sp³-hybridized carbons (Fsp3) is 0.176. The molecule has 38 heavy (non-hydrogen) atoms. The van der Waals surface area contributed by atoms with Gasteiger partial charge in [-0.3, -0.25) is 0 Å². The summed E-state index contributed by atoms with van der Waals surface area (Å²) in [5.41, 5.74) is 8.69. The predicted octanol–water partition coefficient (Wildman–Crippen LogP) is 7.35. The zero-order valence-electron chi connectivity index (χ0n) is 21.9. The van der Waals surface area contributed by atoms with Crippen molar-refractivity contribution in [3.63, 3.8) is 0 Å². The predicted molar refractivity (Wildman–Crippen MR) is 155 cm³/mol. The average Bonchev–Trinajstić information content (AvgIpc) is 2.99. The highest BCUT2D eigenvalue weighted by molar-refractivity contribution is 5.97. The second-order valence-corrected chi connectivity index (χ2v) is 9.75. The topological polar surface area (TPSA) is 14.2 Å². The Morgan fingerprint density at radius 1 is 0.526 bits per heavy atom. The molecule has 1 aliphatic rings. The Labute approximate surface area is 225 Å². The van der Waals surface area contributed by atoms with Gasteiger partial charge in [0.05, 0.1) is 22.7 Å². The van der Waals surface area contributed by atoms with Crippen molar-refractivity contribution in [3.05, 3.63) is 128 Å². The molecule has 3 aromatic carbocycles. The highest BCUT2D eigenvalue weighted by Crippen LogP contribution is 2.50. The zero-order chi connectivity index (χ0) is 25.7. The Kier molecular flexibility index (Phi) is 6.86. The SMILES string of the molecule is CC[n+]1ccc(-c2cc[n+](CCCCN3c4ccccc4N(c4ccccc4)c4ccccc43)cc2)cc1. The fourth-order valence-corrected chi connectivity index (χ4v) is 5.34. The van der Waals surface area contributed by atoms with E-state index in [9.17, 15) is 0 Å². The zero-order valence-corrected chi connectivity index (χ0v) is 21.9. The third kappa shape index (κ3) is 4.78. The summed E-state index contributed by atoms with van der Waals surface area (Å²) < 4.78 is 4.48. The van der Waals surface area contributed by atoms with Crippen molar-refractivity contribution in [3.8, 4) is 11.1 Å². The molecule has 2 aromatic heterocycles. The summed E-state index contributed by atoms with van der Waals surface area (Å²) >= 11 is 0. The number of nitrogens with zero attached hydrogens (tertiary/aromatic N) is 4. The van der Waals surface area contributed by atoms with Gasteiger partial charge in [0.15, 0.2) is 24.8 Å². The Morgan fingerprint density at radius 2 is 1.03 bits per heavy atom. The van der Waals surface area contributed by atoms with Crippen LogP contribution >= 0.6 is 0 Å². The molecule has 0 radical (unpaired) electrons. The molecule has 0 aliphatic carbocycles. The van der Waals surface area contributed by atoms with E-state index in [1.807, 2.05) is 0 Å². The van der Waals surface area contributed by atoms with Gasteiger partial charge >= 0.3 is 0 Å². The number of anilines is 5. The second-order valence-electron chi connectivity index (χ2n) is 9.75. The number of aryl methyl sites for hydroxylation is 2. The third-order valence-electron chi connectivity index (χ3n) is 7.37. The summed E-state index contributed by atoms with van der Waals surface area (Å²) in [6.07, 6.45) is 10.9. The van der Waals surface area contributed by atoms with Crippen LogP contribution in [0.5, 0.6) is 0 Å². The van der Waals surface area contributed by atoms with Crippen LogP contribution in [-0.2, 0) is 13.1 Å². The van der Waals surface area contributed by atoms with Gasteiger partial charge in [-0.2, -0.15) is 0 Å². The van der Waals surface area contributed by atoms with E-state index in [1.165, 1.54) is 39.6 Å². The van der Waals surface area contributed by atoms with Gasteiger partial charge in [-0.1, -0.05) is 42.5 Å². The molecule has 0 spiro atoms. The molecule has 4 nitrogen and oxygen atoms in total. The Balaban J connectivity index is 1.15. The van der Waals surface area contributed by atoms with Crippen molar-refractivity contribution in [2.75, 3.05) is 16.3 Å². The lowest BCUT2D eigenvalue weighted by molar-refractivity contribution is -0.697. The van der Waals surface area contributed by atoms with Crippen LogP contribution in [0.4, 0.5) is 28.4 Å². The monoisotopic (exact) mass is 498 g/mol. The highest BCUT2D eigenvalue weighted by atomic mass is 15.3. The first-order valence-corrected chi connectivity index (χ1v) is 13.6. The molecule has 0 fully saturated rings. The van der Waals surface area contributed by atoms with Crippen LogP contribution in [0, 0.1) is 0 Å². The van der Waals surface area contributed by atoms with Crippen molar-refractivity contribution >= 4 is 28.4 Å². The number of hydrogen-bond acceptors (Lipinski definition) is 2. The van der Waals surface area contributed by atoms with Crippen molar-refractivity contribution < 1.29 is 9.13 Å². The molecule has 0 saturated heterocycles. The first-order valence-electron chi connectivity index (χ1n) is 13.6. The Morgan fingerprint density at radius 3 is 1.58 bits per heavy atom. The van der Waals surface area contributed by atoms with Crippen molar-refractivity contribution in [1.29, 1.82) is 0 Å². The molecule has 0 saturated carbocycles. The van der Waals surface area contributed by atoms with E-state index in [-0.39, 0.29) is 0 Å². The van der Waals surface area contributed by atoms with E-state index < -0.39 is 0 Å². The number of fused-ring (bicyclic) bond motifs is 2. The van der Waals surface area contributed by atoms with Crippen molar-refractivity contribution in [2.24, 2.45) is 0 Å². The van der Waals surface area contributed by atoms with Crippen LogP contribution in [0.1, 0.15) is 19.8 Å². The lowest BCUT2D eigenvalue weighted by Gasteiger charge is -2.40. The maximum Gasteiger partial charge on any atom is 0.169 e. The molecular formula is C34H34N4+2. The number of aromatic nitrogens is 2. The summed E-state index contributed by atoms with van der Waals surface area (Å²) in [5.74, 6) is 0. The van der Waals surface area contributed by atoms with E-state index in [4.69, 9.17) is 0 Å². The van der Waals surface area contributed by atoms with Gasteiger partial charge in [-0.25, -0.2) is 9.13 Å². The van der Waals surface area contributed by atoms with Gasteiger partial charge in [-0.15, -0.1) is 0 Å². The Hall–Kier alpha value is -4.44. The van der Waals surface area contributed by atoms with E-state index in [0.717, 1.165) is 32.5 Å². The molecule has 0 N–H and O–H groups in total. The molecule has 6 rings (SSSR count). The molecule has 1 aliphatic heterocycles. The lowest BCUT2D eigenvalue weighted by atomic mass is 10.1. The molecule has 188 valence electrons. The average molecular weight is 499 g/mol. The van der Waals surface area contributed by atoms with Gasteiger partial charge < -0.3 is 9.80 Å². The minimum Gasteiger partial charge on any atom is -0.338 e. The number of benzene rings is 3. The quantitative estimate of drug-likeness (QED) is 0.164. The van der Waals surface area contributed by atoms with Crippen LogP contribution in [0.15, 0.2) is 128 Å². The van der Waals surface area contributed by atoms with Crippen LogP contribution in [-0.4, -0.2) is 6.54 Å². The third-order valence-corrected chi connectivity index (χ3v) is 7.37. The van der Waals surface area contributed by atoms with E-state index in [2.05, 4.69) is 154 Å². The Bertz CT molecular complexity index is 1450. The number of unbranched alkanes of at least 4 members (excludes halogenated alkanes) is 1. The largest absolute Gasteiger partial charge is 0.338 e. The first-order chi connectivity index (χ1) is 18.8. The standard InChI is InChI=1S/C34H34N4/c1-2-35-24-18-28(19-25-35)29-20-26-36(27-21-29)22-10-11-23-37-31-14-6-8-16-33(31)38(30-12-4-3-5-13-30)34-17-9-7-15-32(34)37/h3-9,12-21,24-27H,2,10-11,22-23H2,1H3/q+2. The lowest BCUT2D eigenvalue weighted by Crippen LogP contribution is -2.33. The van der Waals surface area contributed by atoms with Gasteiger partial charge in [-0.05, 0) is 60.9 Å². The molecule has 0 atom stereocenters. The summed E-state index contributed by atoms with van der Waals surface area (Å²) in [6.45, 7) is 5.15. The van der Waals surface area contributed by atoms with E-state index >= 15 is 0 Å². The maximum absolute atomic E-state index is 2.50. The molecule has 3 heterocycles. The summed E-state index contributed by atoms with van der Waals surface area (Å²) in [7, 11) is 0. The molecule has 4 heteroatoms. The fourth-order valence-electron chi connectivity index (χ4n) is 5.34. The number of pyridine rings is 2. The number of para-hydroxylation sites is 5. The highest BCUT2D eigenvalue weighted by Gasteiger charge is 2.28. The van der Waals surface area contributed by atoms with Gasteiger partial charge in [0.1, 0.15) is 13.1 Å². The van der Waals surface area contributed by atoms with Gasteiger partial charge in [0.2, 0.25) is 0 Å². The van der Waals surface area contributed by atoms with E-state index in [1.54, 1.807) is 0 Å². The molecule has 5 aromatic rings. The summed E-state index contributed by atoms with van der Waals surface area (Å²) in [4.78, 5) is 4.88. The van der Waals surface area contributed by atoms with Crippen LogP contribution in [0.2, 0.25) is 0 Å². The smallest absolute Gasteiger partial charge is 0.169 e. The van der Waals surface area contributed by atoms with Crippen LogP contribution in [0.25, 0.3) is 11.1 Å². The first kappa shape index (κ1) is 23.9. The summed E-state index contributed by atoms with van der Waals surface area (Å²) in [5, 5.41) is 0. The van der Waals surface area contributed by atoms with Crippen LogP contribution in [0.3, 0.4) is 0 Å². The molecule has 0 amide bonds. The maximum atomic E-state index is 2.50. The van der Waals surface area contributed by atoms with Gasteiger partial charge in [0, 0.05) is 42.9 Å². The van der Waals surface area contributed by atoms with Crippen molar-refractivity contribution in [2.45, 2.75) is 32.9 Å². The molecule has 0 bridgehead atoms. The number of rotatable bonds is 8. The summed E-state index contributed by atoms with van der Waals surface area (Å²) in [6, 6.07) is 37.0. The van der Waals surface area contributed by atoms with Gasteiger partial charge in [0.25, 0.3) is 0 Å². The normalized spacial score (nSPS) is 12.2. The minimum absolute atomic E-state index is 0.983. The minimum atomic E-state index is 0.983. The van der Waals surface area contributed by atoms with Crippen LogP contribution < -0.4 is 18.9 Å². The second kappa shape index (κ2) is 10.9. The molecular weight excluding hydrogens is 464 g/mol. The number of hydrogen-bond donors (Lipinski definition) is 0. The molecule has 0 unspecified atom stereocenters.